The van der Waals surface area contributed by atoms with Crippen molar-refractivity contribution >= 4 is 34.8 Å². The van der Waals surface area contributed by atoms with Gasteiger partial charge in [-0.1, -0.05) is 23.7 Å². The van der Waals surface area contributed by atoms with E-state index >= 15 is 0 Å². The molecule has 0 bridgehead atoms. The average molecular weight is 469 g/mol. The van der Waals surface area contributed by atoms with Crippen molar-refractivity contribution in [3.63, 3.8) is 0 Å². The number of nitrogens with zero attached hydrogens (tertiary/aromatic N) is 3. The summed E-state index contributed by atoms with van der Waals surface area (Å²) < 4.78 is 32.0. The van der Waals surface area contributed by atoms with Crippen LogP contribution in [-0.4, -0.2) is 21.0 Å². The molecule has 0 atom stereocenters. The number of anilines is 3. The zero-order valence-electron chi connectivity index (χ0n) is 16.7. The van der Waals surface area contributed by atoms with Crippen molar-refractivity contribution in [2.45, 2.75) is 0 Å². The molecule has 0 spiro atoms. The van der Waals surface area contributed by atoms with Gasteiger partial charge in [0.2, 0.25) is 0 Å². The van der Waals surface area contributed by atoms with Gasteiger partial charge in [0.1, 0.15) is 23.2 Å². The molecule has 2 amide bonds. The quantitative estimate of drug-likeness (QED) is 0.357. The zero-order chi connectivity index (χ0) is 23.4. The monoisotopic (exact) mass is 468 g/mol. The smallest absolute Gasteiger partial charge is 0.323 e. The van der Waals surface area contributed by atoms with Crippen molar-refractivity contribution in [1.29, 1.82) is 0 Å². The Morgan fingerprint density at radius 2 is 1.52 bits per heavy atom. The van der Waals surface area contributed by atoms with Crippen LogP contribution in [0.3, 0.4) is 0 Å². The second-order valence-corrected chi connectivity index (χ2v) is 7.14. The van der Waals surface area contributed by atoms with Crippen LogP contribution in [0.25, 0.3) is 11.1 Å². The number of hydrogen-bond donors (Lipinski definition) is 3. The number of rotatable bonds is 5. The van der Waals surface area contributed by atoms with E-state index in [4.69, 9.17) is 22.1 Å². The minimum atomic E-state index is -0.809. The summed E-state index contributed by atoms with van der Waals surface area (Å²) in [6, 6.07) is 10.7. The highest BCUT2D eigenvalue weighted by molar-refractivity contribution is 6.30. The predicted molar refractivity (Wildman–Crippen MR) is 120 cm³/mol. The lowest BCUT2D eigenvalue weighted by atomic mass is 10.1. The molecule has 0 radical (unpaired) electrons. The van der Waals surface area contributed by atoms with Crippen molar-refractivity contribution in [3.8, 4) is 22.9 Å². The Labute approximate surface area is 191 Å². The van der Waals surface area contributed by atoms with Gasteiger partial charge in [-0.2, -0.15) is 0 Å². The third-order valence-electron chi connectivity index (χ3n) is 4.27. The molecule has 0 aliphatic heterocycles. The Morgan fingerprint density at radius 3 is 2.18 bits per heavy atom. The summed E-state index contributed by atoms with van der Waals surface area (Å²) in [5.41, 5.74) is 7.61. The fraction of sp³-hybridized carbons (Fsp3) is 0. The summed E-state index contributed by atoms with van der Waals surface area (Å²) in [4.78, 5) is 24.1. The summed E-state index contributed by atoms with van der Waals surface area (Å²) in [5.74, 6) is -0.795. The van der Waals surface area contributed by atoms with E-state index < -0.39 is 17.7 Å². The highest BCUT2D eigenvalue weighted by Crippen LogP contribution is 2.29. The number of carbonyl (C=O) groups excluding carboxylic acids is 1. The van der Waals surface area contributed by atoms with Crippen LogP contribution in [0.1, 0.15) is 0 Å². The molecule has 0 saturated carbocycles. The molecule has 4 aromatic rings. The molecule has 33 heavy (non-hydrogen) atoms. The van der Waals surface area contributed by atoms with Gasteiger partial charge in [0.15, 0.2) is 0 Å². The van der Waals surface area contributed by atoms with Gasteiger partial charge in [-0.15, -0.1) is 0 Å². The average Bonchev–Trinajstić information content (AvgIpc) is 2.76. The van der Waals surface area contributed by atoms with E-state index in [9.17, 15) is 13.6 Å². The van der Waals surface area contributed by atoms with E-state index in [1.54, 1.807) is 30.3 Å². The number of nitrogens with two attached hydrogens (primary N) is 1. The summed E-state index contributed by atoms with van der Waals surface area (Å²) in [6.07, 6.45) is 4.11. The van der Waals surface area contributed by atoms with Crippen LogP contribution >= 0.6 is 11.6 Å². The molecule has 2 heterocycles. The topological polar surface area (TPSA) is 115 Å². The Bertz CT molecular complexity index is 1280. The molecule has 8 nitrogen and oxygen atoms in total. The molecule has 166 valence electrons. The predicted octanol–water partition coefficient (Wildman–Crippen LogP) is 5.49. The van der Waals surface area contributed by atoms with Gasteiger partial charge in [0, 0.05) is 23.5 Å². The first-order valence-electron chi connectivity index (χ1n) is 9.41. The number of nitrogens with one attached hydrogen (secondary N) is 2. The van der Waals surface area contributed by atoms with E-state index in [1.165, 1.54) is 18.6 Å². The Hall–Kier alpha value is -4.31. The van der Waals surface area contributed by atoms with Crippen molar-refractivity contribution in [1.82, 2.24) is 15.0 Å². The molecule has 11 heteroatoms. The number of amides is 2. The van der Waals surface area contributed by atoms with E-state index in [0.29, 0.717) is 28.2 Å². The van der Waals surface area contributed by atoms with Gasteiger partial charge in [-0.05, 0) is 35.9 Å². The molecule has 4 N–H and O–H groups in total. The highest BCUT2D eigenvalue weighted by atomic mass is 35.5. The SMILES string of the molecule is Nc1ncc(Cl)cc1-c1ccc(Oc2ncc(NC(=O)Nc3cc(F)cc(F)c3)cn2)cc1. The molecule has 2 aromatic heterocycles. The van der Waals surface area contributed by atoms with Gasteiger partial charge in [-0.3, -0.25) is 0 Å². The van der Waals surface area contributed by atoms with E-state index in [2.05, 4.69) is 25.6 Å². The third-order valence-corrected chi connectivity index (χ3v) is 4.47. The first-order valence-corrected chi connectivity index (χ1v) is 9.79. The maximum Gasteiger partial charge on any atom is 0.323 e. The number of ether oxygens (including phenoxy) is 1. The minimum absolute atomic E-state index is 0.0374. The number of pyridine rings is 1. The summed E-state index contributed by atoms with van der Waals surface area (Å²) in [7, 11) is 0. The summed E-state index contributed by atoms with van der Waals surface area (Å²) in [6.45, 7) is 0. The lowest BCUT2D eigenvalue weighted by Crippen LogP contribution is -2.19. The standard InChI is InChI=1S/C22H15ClF2N6O2/c23-13-5-19(20(26)27-9-13)12-1-3-18(4-2-12)33-22-28-10-17(11-29-22)31-21(32)30-16-7-14(24)6-15(25)8-16/h1-11H,(H2,26,27)(H2,30,31,32). The number of carbonyl (C=O) groups is 1. The van der Waals surface area contributed by atoms with Crippen LogP contribution in [-0.2, 0) is 0 Å². The second kappa shape index (κ2) is 9.45. The molecule has 0 aliphatic rings. The van der Waals surface area contributed by atoms with E-state index in [0.717, 1.165) is 17.7 Å². The molecule has 0 fully saturated rings. The second-order valence-electron chi connectivity index (χ2n) is 6.70. The van der Waals surface area contributed by atoms with Gasteiger partial charge in [0.05, 0.1) is 23.1 Å². The minimum Gasteiger partial charge on any atom is -0.424 e. The maximum absolute atomic E-state index is 13.2. The number of benzene rings is 2. The van der Waals surface area contributed by atoms with Crippen LogP contribution in [0.15, 0.2) is 67.1 Å². The Balaban J connectivity index is 1.37. The number of halogens is 3. The summed E-state index contributed by atoms with van der Waals surface area (Å²) in [5, 5.41) is 5.24. The Kier molecular flexibility index (Phi) is 6.27. The van der Waals surface area contributed by atoms with Crippen molar-refractivity contribution in [3.05, 3.63) is 83.8 Å². The molecule has 4 rings (SSSR count). The van der Waals surface area contributed by atoms with Gasteiger partial charge in [-0.25, -0.2) is 28.5 Å². The van der Waals surface area contributed by atoms with Crippen molar-refractivity contribution in [2.24, 2.45) is 0 Å². The van der Waals surface area contributed by atoms with Crippen LogP contribution in [0.4, 0.5) is 30.8 Å². The third kappa shape index (κ3) is 5.69. The maximum atomic E-state index is 13.2. The lowest BCUT2D eigenvalue weighted by molar-refractivity contribution is 0.262. The molecule has 0 unspecified atom stereocenters. The van der Waals surface area contributed by atoms with Crippen molar-refractivity contribution < 1.29 is 18.3 Å². The number of aromatic nitrogens is 3. The molecule has 2 aromatic carbocycles. The Morgan fingerprint density at radius 1 is 0.879 bits per heavy atom. The highest BCUT2D eigenvalue weighted by Gasteiger charge is 2.09. The largest absolute Gasteiger partial charge is 0.424 e. The number of hydrogen-bond acceptors (Lipinski definition) is 6. The molecular weight excluding hydrogens is 454 g/mol. The van der Waals surface area contributed by atoms with E-state index in [1.807, 2.05) is 0 Å². The van der Waals surface area contributed by atoms with Gasteiger partial charge in [0.25, 0.3) is 0 Å². The summed E-state index contributed by atoms with van der Waals surface area (Å²) >= 11 is 5.98. The molecule has 0 aliphatic carbocycles. The van der Waals surface area contributed by atoms with Crippen LogP contribution in [0.2, 0.25) is 5.02 Å². The molecule has 0 saturated heterocycles. The number of urea groups is 1. The normalized spacial score (nSPS) is 10.5. The van der Waals surface area contributed by atoms with Crippen molar-refractivity contribution in [2.75, 3.05) is 16.4 Å². The first kappa shape index (κ1) is 21.9. The fourth-order valence-electron chi connectivity index (χ4n) is 2.84. The first-order chi connectivity index (χ1) is 15.9. The van der Waals surface area contributed by atoms with Crippen LogP contribution in [0, 0.1) is 11.6 Å². The van der Waals surface area contributed by atoms with E-state index in [-0.39, 0.29) is 17.4 Å². The van der Waals surface area contributed by atoms with Gasteiger partial charge >= 0.3 is 12.0 Å². The number of nitrogen functional groups attached to an aromatic ring is 1. The fourth-order valence-corrected chi connectivity index (χ4v) is 3.00. The van der Waals surface area contributed by atoms with Crippen LogP contribution in [0.5, 0.6) is 11.8 Å². The van der Waals surface area contributed by atoms with Crippen LogP contribution < -0.4 is 21.1 Å². The van der Waals surface area contributed by atoms with Gasteiger partial charge < -0.3 is 21.1 Å². The zero-order valence-corrected chi connectivity index (χ0v) is 17.5. The molecular formula is C22H15ClF2N6O2. The lowest BCUT2D eigenvalue weighted by Gasteiger charge is -2.09.